The summed E-state index contributed by atoms with van der Waals surface area (Å²) in [6.07, 6.45) is 2.67. The Kier molecular flexibility index (Phi) is 9.15. The first kappa shape index (κ1) is 26.8. The number of carbonyl (C=O) groups is 2. The molecule has 0 saturated heterocycles. The van der Waals surface area contributed by atoms with E-state index in [2.05, 4.69) is 10.3 Å². The van der Waals surface area contributed by atoms with E-state index >= 15 is 0 Å². The van der Waals surface area contributed by atoms with Crippen molar-refractivity contribution >= 4 is 21.8 Å². The Hall–Kier alpha value is -3.76. The Morgan fingerprint density at radius 3 is 2.25 bits per heavy atom. The minimum atomic E-state index is -3.61. The van der Waals surface area contributed by atoms with Gasteiger partial charge in [0, 0.05) is 19.8 Å². The number of hydrogen-bond donors (Lipinski definition) is 1. The smallest absolute Gasteiger partial charge is 0.247 e. The molecule has 0 fully saturated rings. The molecule has 0 aliphatic heterocycles. The Labute approximate surface area is 211 Å². The number of likely N-dealkylation sites (N-methyl/N-ethyl adjacent to an activating group) is 1. The van der Waals surface area contributed by atoms with Crippen LogP contribution in [0.2, 0.25) is 0 Å². The second-order valence-electron chi connectivity index (χ2n) is 8.24. The van der Waals surface area contributed by atoms with E-state index in [1.54, 1.807) is 74.0 Å². The van der Waals surface area contributed by atoms with Crippen molar-refractivity contribution < 1.29 is 22.7 Å². The molecular weight excluding hydrogens is 480 g/mol. The van der Waals surface area contributed by atoms with Gasteiger partial charge in [-0.25, -0.2) is 8.42 Å². The monoisotopic (exact) mass is 510 g/mol. The van der Waals surface area contributed by atoms with Gasteiger partial charge in [-0.15, -0.1) is 0 Å². The van der Waals surface area contributed by atoms with Gasteiger partial charge in [0.1, 0.15) is 11.8 Å². The zero-order valence-electron chi connectivity index (χ0n) is 20.5. The van der Waals surface area contributed by atoms with Crippen LogP contribution in [0.25, 0.3) is 0 Å². The van der Waals surface area contributed by atoms with Crippen molar-refractivity contribution in [2.24, 2.45) is 0 Å². The fraction of sp³-hybridized carbons (Fsp3) is 0.269. The van der Waals surface area contributed by atoms with Gasteiger partial charge >= 0.3 is 0 Å². The number of aromatic nitrogens is 1. The summed E-state index contributed by atoms with van der Waals surface area (Å²) in [5, 5.41) is 2.87. The van der Waals surface area contributed by atoms with E-state index in [1.807, 2.05) is 12.1 Å². The molecule has 0 bridgehead atoms. The predicted octanol–water partition coefficient (Wildman–Crippen LogP) is 2.37. The minimum Gasteiger partial charge on any atom is -0.497 e. The van der Waals surface area contributed by atoms with Crippen molar-refractivity contribution in [3.8, 4) is 5.75 Å². The summed E-state index contributed by atoms with van der Waals surface area (Å²) < 4.78 is 30.2. The number of amides is 2. The van der Waals surface area contributed by atoms with Crippen LogP contribution in [-0.2, 0) is 32.7 Å². The maximum absolute atomic E-state index is 13.6. The van der Waals surface area contributed by atoms with E-state index in [-0.39, 0.29) is 13.1 Å². The van der Waals surface area contributed by atoms with Crippen LogP contribution in [0.15, 0.2) is 79.0 Å². The van der Waals surface area contributed by atoms with Gasteiger partial charge in [-0.2, -0.15) is 4.31 Å². The molecule has 1 aromatic heterocycles. The largest absolute Gasteiger partial charge is 0.497 e. The zero-order chi connectivity index (χ0) is 26.1. The number of nitrogens with zero attached hydrogens (tertiary/aromatic N) is 3. The highest BCUT2D eigenvalue weighted by molar-refractivity contribution is 7.88. The minimum absolute atomic E-state index is 0.0804. The van der Waals surface area contributed by atoms with Gasteiger partial charge in [0.25, 0.3) is 0 Å². The molecule has 1 heterocycles. The van der Waals surface area contributed by atoms with Crippen LogP contribution >= 0.6 is 0 Å². The average Bonchev–Trinajstić information content (AvgIpc) is 2.88. The average molecular weight is 511 g/mol. The van der Waals surface area contributed by atoms with E-state index in [0.717, 1.165) is 16.1 Å². The fourth-order valence-electron chi connectivity index (χ4n) is 3.53. The second kappa shape index (κ2) is 12.3. The van der Waals surface area contributed by atoms with Gasteiger partial charge in [-0.1, -0.05) is 48.5 Å². The quantitative estimate of drug-likeness (QED) is 0.424. The van der Waals surface area contributed by atoms with Crippen molar-refractivity contribution in [2.45, 2.75) is 19.1 Å². The molecule has 3 rings (SSSR count). The summed E-state index contributed by atoms with van der Waals surface area (Å²) in [5.41, 5.74) is 2.02. The van der Waals surface area contributed by atoms with E-state index in [0.29, 0.717) is 17.0 Å². The first-order valence-electron chi connectivity index (χ1n) is 11.3. The third-order valence-electron chi connectivity index (χ3n) is 5.60. The molecular formula is C26H30N4O5S. The molecule has 0 aliphatic carbocycles. The molecule has 0 unspecified atom stereocenters. The lowest BCUT2D eigenvalue weighted by molar-refractivity contribution is -0.141. The Bertz CT molecular complexity index is 1250. The van der Waals surface area contributed by atoms with Gasteiger partial charge in [0.2, 0.25) is 21.8 Å². The van der Waals surface area contributed by atoms with E-state index in [1.165, 1.54) is 11.9 Å². The Morgan fingerprint density at radius 2 is 1.67 bits per heavy atom. The summed E-state index contributed by atoms with van der Waals surface area (Å²) in [5.74, 6) is -0.266. The molecule has 0 aliphatic rings. The molecule has 10 heteroatoms. The van der Waals surface area contributed by atoms with Crippen LogP contribution < -0.4 is 10.1 Å². The summed E-state index contributed by atoms with van der Waals surface area (Å²) in [6, 6.07) is 20.4. The number of pyridine rings is 1. The molecule has 2 amide bonds. The summed E-state index contributed by atoms with van der Waals surface area (Å²) in [6.45, 7) is -0.153. The van der Waals surface area contributed by atoms with Crippen LogP contribution in [0, 0.1) is 0 Å². The highest BCUT2D eigenvalue weighted by Crippen LogP contribution is 2.25. The van der Waals surface area contributed by atoms with Crippen molar-refractivity contribution in [3.05, 3.63) is 95.8 Å². The van der Waals surface area contributed by atoms with Gasteiger partial charge in [0.05, 0.1) is 32.1 Å². The van der Waals surface area contributed by atoms with Crippen molar-refractivity contribution in [2.75, 3.05) is 27.0 Å². The summed E-state index contributed by atoms with van der Waals surface area (Å²) in [4.78, 5) is 32.7. The van der Waals surface area contributed by atoms with Gasteiger partial charge in [-0.05, 0) is 35.4 Å². The SMILES string of the molecule is COc1ccc(CN(C(=O)CN(C)S(C)(=O)=O)[C@@H](C(=O)NCc2ccccn2)c2ccccc2)cc1. The van der Waals surface area contributed by atoms with E-state index in [4.69, 9.17) is 4.74 Å². The van der Waals surface area contributed by atoms with Crippen LogP contribution in [0.1, 0.15) is 22.9 Å². The number of rotatable bonds is 11. The Morgan fingerprint density at radius 1 is 1.00 bits per heavy atom. The standard InChI is InChI=1S/C26H30N4O5S/c1-29(36(3,33)34)19-24(31)30(18-20-12-14-23(35-2)15-13-20)25(21-9-5-4-6-10-21)26(32)28-17-22-11-7-8-16-27-22/h4-16,25H,17-19H2,1-3H3,(H,28,32)/t25-/m1/s1. The maximum Gasteiger partial charge on any atom is 0.247 e. The number of sulfonamides is 1. The van der Waals surface area contributed by atoms with Crippen molar-refractivity contribution in [3.63, 3.8) is 0 Å². The second-order valence-corrected chi connectivity index (χ2v) is 10.3. The van der Waals surface area contributed by atoms with Crippen LogP contribution in [0.5, 0.6) is 5.75 Å². The number of ether oxygens (including phenoxy) is 1. The zero-order valence-corrected chi connectivity index (χ0v) is 21.3. The normalized spacial score (nSPS) is 12.1. The number of carbonyl (C=O) groups excluding carboxylic acids is 2. The van der Waals surface area contributed by atoms with Crippen LogP contribution in [-0.4, -0.2) is 61.4 Å². The lowest BCUT2D eigenvalue weighted by Crippen LogP contribution is -2.47. The highest BCUT2D eigenvalue weighted by Gasteiger charge is 2.32. The molecule has 1 atom stereocenters. The lowest BCUT2D eigenvalue weighted by Gasteiger charge is -2.32. The molecule has 190 valence electrons. The highest BCUT2D eigenvalue weighted by atomic mass is 32.2. The molecule has 36 heavy (non-hydrogen) atoms. The number of nitrogens with one attached hydrogen (secondary N) is 1. The third kappa shape index (κ3) is 7.37. The molecule has 0 spiro atoms. The topological polar surface area (TPSA) is 109 Å². The summed E-state index contributed by atoms with van der Waals surface area (Å²) >= 11 is 0. The van der Waals surface area contributed by atoms with Crippen LogP contribution in [0.3, 0.4) is 0 Å². The first-order valence-corrected chi connectivity index (χ1v) is 13.1. The van der Waals surface area contributed by atoms with Gasteiger partial charge < -0.3 is 15.0 Å². The number of benzene rings is 2. The number of methoxy groups -OCH3 is 1. The molecule has 0 saturated carbocycles. The Balaban J connectivity index is 1.97. The molecule has 1 N–H and O–H groups in total. The van der Waals surface area contributed by atoms with Gasteiger partial charge in [-0.3, -0.25) is 14.6 Å². The third-order valence-corrected chi connectivity index (χ3v) is 6.86. The summed E-state index contributed by atoms with van der Waals surface area (Å²) in [7, 11) is -0.720. The molecule has 2 aromatic carbocycles. The van der Waals surface area contributed by atoms with E-state index < -0.39 is 34.4 Å². The number of hydrogen-bond acceptors (Lipinski definition) is 6. The van der Waals surface area contributed by atoms with Gasteiger partial charge in [0.15, 0.2) is 0 Å². The fourth-order valence-corrected chi connectivity index (χ4v) is 3.88. The van der Waals surface area contributed by atoms with Crippen molar-refractivity contribution in [1.82, 2.24) is 19.5 Å². The maximum atomic E-state index is 13.6. The van der Waals surface area contributed by atoms with E-state index in [9.17, 15) is 18.0 Å². The predicted molar refractivity (Wildman–Crippen MR) is 136 cm³/mol. The van der Waals surface area contributed by atoms with Crippen LogP contribution in [0.4, 0.5) is 0 Å². The van der Waals surface area contributed by atoms with Crippen molar-refractivity contribution in [1.29, 1.82) is 0 Å². The lowest BCUT2D eigenvalue weighted by atomic mass is 10.0. The molecule has 9 nitrogen and oxygen atoms in total. The molecule has 0 radical (unpaired) electrons. The first-order chi connectivity index (χ1) is 17.2. The molecule has 3 aromatic rings.